The number of hydrogen-bond acceptors (Lipinski definition) is 6. The van der Waals surface area contributed by atoms with Gasteiger partial charge in [0.1, 0.15) is 13.2 Å². The number of nitrogens with zero attached hydrogens (tertiary/aromatic N) is 1. The molecule has 0 spiro atoms. The van der Waals surface area contributed by atoms with E-state index < -0.39 is 38.7 Å². The summed E-state index contributed by atoms with van der Waals surface area (Å²) in [6.45, 7) is 3.61. The van der Waals surface area contributed by atoms with Crippen molar-refractivity contribution in [2.24, 2.45) is 5.92 Å². The highest BCUT2D eigenvalue weighted by atomic mass is 31.2. The monoisotopic (exact) mass is 655 g/mol. The molecule has 2 atom stereocenters. The SMILES string of the molecule is CCCCCCCCCCCCCCCCC(=O)C(F)(F)C(COCCCCCCCC)COP(=O)([O-])OCC[N+](C)(C)C. The van der Waals surface area contributed by atoms with E-state index in [1.807, 2.05) is 21.1 Å². The molecule has 264 valence electrons. The van der Waals surface area contributed by atoms with Crippen molar-refractivity contribution >= 4 is 13.6 Å². The average Bonchev–Trinajstić information content (AvgIpc) is 2.95. The van der Waals surface area contributed by atoms with Gasteiger partial charge in [0.2, 0.25) is 5.78 Å². The minimum absolute atomic E-state index is 0.127. The van der Waals surface area contributed by atoms with Gasteiger partial charge in [0.25, 0.3) is 7.82 Å². The van der Waals surface area contributed by atoms with E-state index >= 15 is 8.78 Å². The fourth-order valence-corrected chi connectivity index (χ4v) is 5.73. The molecule has 7 nitrogen and oxygen atoms in total. The first kappa shape index (κ1) is 43.6. The normalized spacial score (nSPS) is 14.5. The van der Waals surface area contributed by atoms with Gasteiger partial charge in [-0.05, 0) is 12.8 Å². The number of hydrogen-bond donors (Lipinski definition) is 0. The Kier molecular flexibility index (Phi) is 26.3. The summed E-state index contributed by atoms with van der Waals surface area (Å²) in [5.74, 6) is -6.63. The zero-order valence-electron chi connectivity index (χ0n) is 29.1. The van der Waals surface area contributed by atoms with Gasteiger partial charge in [-0.3, -0.25) is 9.36 Å². The summed E-state index contributed by atoms with van der Waals surface area (Å²) in [6, 6.07) is 0. The number of carbonyl (C=O) groups excluding carboxylic acids is 1. The third-order valence-electron chi connectivity index (χ3n) is 8.05. The van der Waals surface area contributed by atoms with Crippen LogP contribution in [-0.2, 0) is 23.1 Å². The number of ether oxygens (including phenoxy) is 1. The van der Waals surface area contributed by atoms with Crippen molar-refractivity contribution in [3.63, 3.8) is 0 Å². The number of unbranched alkanes of at least 4 members (excludes halogenated alkanes) is 18. The van der Waals surface area contributed by atoms with Gasteiger partial charge in [-0.15, -0.1) is 0 Å². The molecule has 44 heavy (non-hydrogen) atoms. The van der Waals surface area contributed by atoms with E-state index in [9.17, 15) is 14.3 Å². The van der Waals surface area contributed by atoms with Gasteiger partial charge >= 0.3 is 5.92 Å². The number of alkyl halides is 2. The van der Waals surface area contributed by atoms with Crippen LogP contribution in [0, 0.1) is 5.92 Å². The fourth-order valence-electron chi connectivity index (χ4n) is 4.99. The number of phosphoric acid groups is 1. The van der Waals surface area contributed by atoms with E-state index in [2.05, 4.69) is 13.8 Å². The molecular formula is C34H68F2NO6P. The van der Waals surface area contributed by atoms with Crippen molar-refractivity contribution in [2.45, 2.75) is 155 Å². The fraction of sp³-hybridized carbons (Fsp3) is 0.971. The molecule has 0 heterocycles. The number of quaternary nitrogens is 1. The molecule has 0 fully saturated rings. The Morgan fingerprint density at radius 1 is 0.682 bits per heavy atom. The second-order valence-electron chi connectivity index (χ2n) is 13.5. The molecule has 0 amide bonds. The summed E-state index contributed by atoms with van der Waals surface area (Å²) >= 11 is 0. The van der Waals surface area contributed by atoms with Crippen LogP contribution in [0.15, 0.2) is 0 Å². The number of likely N-dealkylation sites (N-methyl/N-ethyl adjacent to an activating group) is 1. The molecule has 0 aromatic carbocycles. The molecule has 0 aliphatic carbocycles. The lowest BCUT2D eigenvalue weighted by Gasteiger charge is -2.30. The number of ketones is 1. The van der Waals surface area contributed by atoms with Crippen LogP contribution in [0.3, 0.4) is 0 Å². The number of halogens is 2. The van der Waals surface area contributed by atoms with Crippen molar-refractivity contribution in [3.05, 3.63) is 0 Å². The summed E-state index contributed by atoms with van der Waals surface area (Å²) in [4.78, 5) is 24.9. The van der Waals surface area contributed by atoms with Gasteiger partial charge in [-0.1, -0.05) is 129 Å². The van der Waals surface area contributed by atoms with Crippen molar-refractivity contribution in [1.82, 2.24) is 0 Å². The van der Waals surface area contributed by atoms with Gasteiger partial charge < -0.3 is 23.2 Å². The zero-order chi connectivity index (χ0) is 33.2. The number of carbonyl (C=O) groups is 1. The topological polar surface area (TPSA) is 84.9 Å². The predicted octanol–water partition coefficient (Wildman–Crippen LogP) is 9.26. The summed E-state index contributed by atoms with van der Waals surface area (Å²) in [7, 11) is 0.823. The van der Waals surface area contributed by atoms with Crippen molar-refractivity contribution in [2.75, 3.05) is 54.1 Å². The molecule has 0 aromatic heterocycles. The predicted molar refractivity (Wildman–Crippen MR) is 175 cm³/mol. The molecule has 0 bridgehead atoms. The molecule has 0 aliphatic heterocycles. The first-order valence-electron chi connectivity index (χ1n) is 17.7. The Morgan fingerprint density at radius 2 is 1.11 bits per heavy atom. The van der Waals surface area contributed by atoms with Crippen molar-refractivity contribution in [3.8, 4) is 0 Å². The van der Waals surface area contributed by atoms with Gasteiger partial charge in [0, 0.05) is 13.0 Å². The summed E-state index contributed by atoms with van der Waals surface area (Å²) in [5, 5.41) is 0. The molecule has 0 aliphatic rings. The van der Waals surface area contributed by atoms with Gasteiger partial charge in [-0.25, -0.2) is 0 Å². The summed E-state index contributed by atoms with van der Waals surface area (Å²) < 4.78 is 58.5. The van der Waals surface area contributed by atoms with Crippen LogP contribution in [0.1, 0.15) is 149 Å². The van der Waals surface area contributed by atoms with Crippen LogP contribution in [0.4, 0.5) is 8.78 Å². The first-order chi connectivity index (χ1) is 20.9. The highest BCUT2D eigenvalue weighted by Gasteiger charge is 2.46. The largest absolute Gasteiger partial charge is 0.756 e. The summed E-state index contributed by atoms with van der Waals surface area (Å²) in [5.41, 5.74) is 0. The van der Waals surface area contributed by atoms with Gasteiger partial charge in [-0.2, -0.15) is 8.78 Å². The number of Topliss-reactive ketones (excluding diaryl/α,β-unsaturated/α-hetero) is 1. The summed E-state index contributed by atoms with van der Waals surface area (Å²) in [6.07, 6.45) is 21.8. The average molecular weight is 656 g/mol. The second kappa shape index (κ2) is 26.6. The standard InChI is InChI=1S/C34H68F2NO6P/c1-6-8-10-12-14-15-16-17-18-19-20-21-22-24-26-33(38)34(35,36)32(30-41-28-25-23-13-11-9-7-2)31-43-44(39,40)42-29-27-37(3,4)5/h32H,6-31H2,1-5H3. The highest BCUT2D eigenvalue weighted by molar-refractivity contribution is 7.45. The lowest BCUT2D eigenvalue weighted by molar-refractivity contribution is -0.870. The molecule has 0 saturated carbocycles. The maximum Gasteiger partial charge on any atom is 0.312 e. The van der Waals surface area contributed by atoms with E-state index in [-0.39, 0.29) is 19.6 Å². The maximum absolute atomic E-state index is 15.3. The van der Waals surface area contributed by atoms with Gasteiger partial charge in [0.05, 0.1) is 40.3 Å². The molecule has 0 aromatic rings. The van der Waals surface area contributed by atoms with Crippen LogP contribution in [0.5, 0.6) is 0 Å². The van der Waals surface area contributed by atoms with Crippen LogP contribution in [0.25, 0.3) is 0 Å². The zero-order valence-corrected chi connectivity index (χ0v) is 30.0. The Labute approximate surface area is 269 Å². The molecule has 0 saturated heterocycles. The molecule has 0 rings (SSSR count). The molecule has 0 radical (unpaired) electrons. The van der Waals surface area contributed by atoms with Crippen LogP contribution in [0.2, 0.25) is 0 Å². The van der Waals surface area contributed by atoms with E-state index in [4.69, 9.17) is 13.8 Å². The van der Waals surface area contributed by atoms with Gasteiger partial charge in [0.15, 0.2) is 0 Å². The molecule has 0 N–H and O–H groups in total. The second-order valence-corrected chi connectivity index (χ2v) is 14.9. The van der Waals surface area contributed by atoms with Crippen LogP contribution >= 0.6 is 7.82 Å². The maximum atomic E-state index is 15.3. The minimum atomic E-state index is -4.81. The third kappa shape index (κ3) is 25.7. The Bertz CT molecular complexity index is 735. The van der Waals surface area contributed by atoms with Crippen LogP contribution in [-0.4, -0.2) is 70.3 Å². The third-order valence-corrected chi connectivity index (χ3v) is 9.01. The molecule has 10 heteroatoms. The number of phosphoric ester groups is 1. The Morgan fingerprint density at radius 3 is 1.57 bits per heavy atom. The molecule has 2 unspecified atom stereocenters. The van der Waals surface area contributed by atoms with Crippen molar-refractivity contribution < 1.29 is 41.3 Å². The highest BCUT2D eigenvalue weighted by Crippen LogP contribution is 2.40. The van der Waals surface area contributed by atoms with E-state index in [1.165, 1.54) is 64.2 Å². The van der Waals surface area contributed by atoms with Crippen LogP contribution < -0.4 is 4.89 Å². The molecular weight excluding hydrogens is 587 g/mol. The lowest BCUT2D eigenvalue weighted by atomic mass is 9.95. The Hall–Kier alpha value is -0.440. The smallest absolute Gasteiger partial charge is 0.312 e. The Balaban J connectivity index is 4.57. The minimum Gasteiger partial charge on any atom is -0.756 e. The lowest BCUT2D eigenvalue weighted by Crippen LogP contribution is -2.42. The van der Waals surface area contributed by atoms with E-state index in [1.54, 1.807) is 0 Å². The first-order valence-corrected chi connectivity index (χ1v) is 19.2. The van der Waals surface area contributed by atoms with Crippen molar-refractivity contribution in [1.29, 1.82) is 0 Å². The van der Waals surface area contributed by atoms with E-state index in [0.717, 1.165) is 57.8 Å². The number of rotatable bonds is 33. The quantitative estimate of drug-likeness (QED) is 0.0398. The van der Waals surface area contributed by atoms with E-state index in [0.29, 0.717) is 17.4 Å².